The van der Waals surface area contributed by atoms with E-state index in [1.54, 1.807) is 0 Å². The van der Waals surface area contributed by atoms with Crippen molar-refractivity contribution in [3.05, 3.63) is 11.8 Å². The highest BCUT2D eigenvalue weighted by Gasteiger charge is 2.33. The Balaban J connectivity index is 2.85. The van der Waals surface area contributed by atoms with Gasteiger partial charge in [0.15, 0.2) is 5.69 Å². The summed E-state index contributed by atoms with van der Waals surface area (Å²) in [5.74, 6) is -0.571. The molecule has 0 aliphatic heterocycles. The molecule has 0 amide bonds. The van der Waals surface area contributed by atoms with E-state index in [4.69, 9.17) is 0 Å². The SMILES string of the molecule is CNc1nc(NCCS(=O)(=O)N(C)C)cc(C(F)(F)F)n1. The van der Waals surface area contributed by atoms with Crippen LogP contribution in [0.15, 0.2) is 6.07 Å². The number of aromatic nitrogens is 2. The molecule has 0 atom stereocenters. The van der Waals surface area contributed by atoms with Gasteiger partial charge in [-0.2, -0.15) is 18.2 Å². The van der Waals surface area contributed by atoms with Crippen LogP contribution in [-0.2, 0) is 16.2 Å². The number of anilines is 2. The summed E-state index contributed by atoms with van der Waals surface area (Å²) in [7, 11) is 0.703. The van der Waals surface area contributed by atoms with Crippen molar-refractivity contribution in [2.45, 2.75) is 6.18 Å². The molecule has 1 rings (SSSR count). The molecule has 0 saturated heterocycles. The fraction of sp³-hybridized carbons (Fsp3) is 0.600. The fourth-order valence-electron chi connectivity index (χ4n) is 1.29. The molecule has 0 bridgehead atoms. The van der Waals surface area contributed by atoms with Gasteiger partial charge in [0.25, 0.3) is 0 Å². The van der Waals surface area contributed by atoms with Crippen LogP contribution < -0.4 is 10.6 Å². The third-order valence-electron chi connectivity index (χ3n) is 2.46. The van der Waals surface area contributed by atoms with Crippen molar-refractivity contribution in [3.63, 3.8) is 0 Å². The van der Waals surface area contributed by atoms with Crippen molar-refractivity contribution >= 4 is 21.8 Å². The van der Waals surface area contributed by atoms with E-state index in [-0.39, 0.29) is 24.1 Å². The van der Waals surface area contributed by atoms with E-state index in [2.05, 4.69) is 20.6 Å². The number of hydrogen-bond acceptors (Lipinski definition) is 6. The van der Waals surface area contributed by atoms with Crippen LogP contribution in [0.2, 0.25) is 0 Å². The molecular formula is C10H16F3N5O2S. The van der Waals surface area contributed by atoms with E-state index < -0.39 is 21.9 Å². The van der Waals surface area contributed by atoms with Crippen LogP contribution >= 0.6 is 0 Å². The Morgan fingerprint density at radius 3 is 2.38 bits per heavy atom. The van der Waals surface area contributed by atoms with E-state index in [0.29, 0.717) is 0 Å². The van der Waals surface area contributed by atoms with Crippen LogP contribution in [0, 0.1) is 0 Å². The molecule has 0 fully saturated rings. The molecule has 0 aliphatic rings. The van der Waals surface area contributed by atoms with Crippen molar-refractivity contribution in [1.29, 1.82) is 0 Å². The summed E-state index contributed by atoms with van der Waals surface area (Å²) in [6.07, 6.45) is -4.61. The van der Waals surface area contributed by atoms with Gasteiger partial charge in [-0.15, -0.1) is 0 Å². The largest absolute Gasteiger partial charge is 0.433 e. The number of rotatable bonds is 6. The van der Waals surface area contributed by atoms with Gasteiger partial charge in [-0.25, -0.2) is 17.7 Å². The minimum absolute atomic E-state index is 0.0715. The average Bonchev–Trinajstić information content (AvgIpc) is 2.36. The molecule has 120 valence electrons. The molecule has 0 spiro atoms. The molecule has 0 radical (unpaired) electrons. The first-order valence-corrected chi connectivity index (χ1v) is 7.45. The van der Waals surface area contributed by atoms with Crippen molar-refractivity contribution < 1.29 is 21.6 Å². The zero-order chi connectivity index (χ0) is 16.3. The van der Waals surface area contributed by atoms with Crippen LogP contribution in [0.1, 0.15) is 5.69 Å². The lowest BCUT2D eigenvalue weighted by Crippen LogP contribution is -2.28. The lowest BCUT2D eigenvalue weighted by atomic mass is 10.4. The van der Waals surface area contributed by atoms with Crippen LogP contribution in [0.4, 0.5) is 24.9 Å². The third kappa shape index (κ3) is 5.01. The number of halogens is 3. The maximum atomic E-state index is 12.7. The molecule has 0 aromatic carbocycles. The number of nitrogens with one attached hydrogen (secondary N) is 2. The Bertz CT molecular complexity index is 589. The highest BCUT2D eigenvalue weighted by molar-refractivity contribution is 7.89. The van der Waals surface area contributed by atoms with Crippen molar-refractivity contribution in [1.82, 2.24) is 14.3 Å². The van der Waals surface area contributed by atoms with Crippen LogP contribution in [0.3, 0.4) is 0 Å². The summed E-state index contributed by atoms with van der Waals surface area (Å²) in [4.78, 5) is 7.08. The summed E-state index contributed by atoms with van der Waals surface area (Å²) in [6.45, 7) is -0.0715. The summed E-state index contributed by atoms with van der Waals surface area (Å²) >= 11 is 0. The van der Waals surface area contributed by atoms with Crippen molar-refractivity contribution in [2.24, 2.45) is 0 Å². The van der Waals surface area contributed by atoms with Crippen molar-refractivity contribution in [2.75, 3.05) is 44.1 Å². The number of nitrogens with zero attached hydrogens (tertiary/aromatic N) is 3. The van der Waals surface area contributed by atoms with Gasteiger partial charge >= 0.3 is 6.18 Å². The quantitative estimate of drug-likeness (QED) is 0.805. The Labute approximate surface area is 120 Å². The predicted octanol–water partition coefficient (Wildman–Crippen LogP) is 0.840. The fourth-order valence-corrected chi connectivity index (χ4v) is 2.01. The zero-order valence-corrected chi connectivity index (χ0v) is 12.5. The highest BCUT2D eigenvalue weighted by Crippen LogP contribution is 2.29. The maximum absolute atomic E-state index is 12.7. The number of hydrogen-bond donors (Lipinski definition) is 2. The smallest absolute Gasteiger partial charge is 0.369 e. The minimum Gasteiger partial charge on any atom is -0.369 e. The highest BCUT2D eigenvalue weighted by atomic mass is 32.2. The lowest BCUT2D eigenvalue weighted by molar-refractivity contribution is -0.141. The van der Waals surface area contributed by atoms with Gasteiger partial charge < -0.3 is 10.6 Å². The second kappa shape index (κ2) is 6.43. The van der Waals surface area contributed by atoms with Crippen LogP contribution in [-0.4, -0.2) is 56.1 Å². The summed E-state index contributed by atoms with van der Waals surface area (Å²) in [5, 5.41) is 4.96. The topological polar surface area (TPSA) is 87.2 Å². The number of alkyl halides is 3. The average molecular weight is 327 g/mol. The van der Waals surface area contributed by atoms with Gasteiger partial charge in [0.05, 0.1) is 5.75 Å². The van der Waals surface area contributed by atoms with Gasteiger partial charge in [-0.05, 0) is 0 Å². The van der Waals surface area contributed by atoms with E-state index in [9.17, 15) is 21.6 Å². The van der Waals surface area contributed by atoms with Gasteiger partial charge in [-0.1, -0.05) is 0 Å². The molecule has 0 saturated carbocycles. The molecule has 0 aliphatic carbocycles. The first-order valence-electron chi connectivity index (χ1n) is 5.84. The van der Waals surface area contributed by atoms with E-state index >= 15 is 0 Å². The monoisotopic (exact) mass is 327 g/mol. The molecule has 2 N–H and O–H groups in total. The Morgan fingerprint density at radius 2 is 1.90 bits per heavy atom. The van der Waals surface area contributed by atoms with Gasteiger partial charge in [0.2, 0.25) is 16.0 Å². The van der Waals surface area contributed by atoms with E-state index in [1.807, 2.05) is 0 Å². The Hall–Kier alpha value is -1.62. The summed E-state index contributed by atoms with van der Waals surface area (Å²) in [6, 6.07) is 0.725. The van der Waals surface area contributed by atoms with Crippen molar-refractivity contribution in [3.8, 4) is 0 Å². The third-order valence-corrected chi connectivity index (χ3v) is 4.30. The van der Waals surface area contributed by atoms with Gasteiger partial charge in [-0.3, -0.25) is 0 Å². The molecular weight excluding hydrogens is 311 g/mol. The van der Waals surface area contributed by atoms with E-state index in [0.717, 1.165) is 10.4 Å². The second-order valence-electron chi connectivity index (χ2n) is 4.23. The molecule has 7 nitrogen and oxygen atoms in total. The molecule has 1 aromatic heterocycles. The second-order valence-corrected chi connectivity index (χ2v) is 6.54. The Kier molecular flexibility index (Phi) is 5.34. The lowest BCUT2D eigenvalue weighted by Gasteiger charge is -2.13. The normalized spacial score (nSPS) is 12.5. The first-order chi connectivity index (χ1) is 9.56. The summed E-state index contributed by atoms with van der Waals surface area (Å²) < 4.78 is 62.1. The van der Waals surface area contributed by atoms with E-state index in [1.165, 1.54) is 21.1 Å². The van der Waals surface area contributed by atoms with Gasteiger partial charge in [0, 0.05) is 33.8 Å². The first kappa shape index (κ1) is 17.4. The zero-order valence-electron chi connectivity index (χ0n) is 11.7. The molecule has 11 heteroatoms. The molecule has 0 unspecified atom stereocenters. The minimum atomic E-state index is -4.61. The maximum Gasteiger partial charge on any atom is 0.433 e. The molecule has 1 heterocycles. The summed E-state index contributed by atoms with van der Waals surface area (Å²) in [5.41, 5.74) is -1.11. The van der Waals surface area contributed by atoms with Gasteiger partial charge in [0.1, 0.15) is 5.82 Å². The molecule has 1 aromatic rings. The molecule has 21 heavy (non-hydrogen) atoms. The van der Waals surface area contributed by atoms with Crippen LogP contribution in [0.25, 0.3) is 0 Å². The predicted molar refractivity (Wildman–Crippen MR) is 72.5 cm³/mol. The number of sulfonamides is 1. The van der Waals surface area contributed by atoms with Crippen LogP contribution in [0.5, 0.6) is 0 Å². The Morgan fingerprint density at radius 1 is 1.29 bits per heavy atom. The standard InChI is InChI=1S/C10H16F3N5O2S/c1-14-9-16-7(10(11,12)13)6-8(17-9)15-4-5-21(19,20)18(2)3/h6H,4-5H2,1-3H3,(H2,14,15,16,17).